The maximum atomic E-state index is 5.34. The molecule has 4 rings (SSSR count). The van der Waals surface area contributed by atoms with Gasteiger partial charge in [0.15, 0.2) is 0 Å². The lowest BCUT2D eigenvalue weighted by Gasteiger charge is -2.04. The van der Waals surface area contributed by atoms with Crippen LogP contribution in [0.4, 0.5) is 0 Å². The lowest BCUT2D eigenvalue weighted by molar-refractivity contribution is 0.378. The first-order valence-electron chi connectivity index (χ1n) is 8.36. The smallest absolute Gasteiger partial charge is 0.226 e. The maximum absolute atomic E-state index is 5.34. The minimum atomic E-state index is 0.638. The molecule has 0 fully saturated rings. The van der Waals surface area contributed by atoms with Crippen molar-refractivity contribution in [2.24, 2.45) is 0 Å². The van der Waals surface area contributed by atoms with E-state index in [1.807, 2.05) is 23.9 Å². The van der Waals surface area contributed by atoms with Gasteiger partial charge in [0.05, 0.1) is 0 Å². The van der Waals surface area contributed by atoms with Crippen molar-refractivity contribution in [3.05, 3.63) is 59.7 Å². The zero-order valence-corrected chi connectivity index (χ0v) is 14.3. The summed E-state index contributed by atoms with van der Waals surface area (Å²) in [5, 5.41) is 4.04. The monoisotopic (exact) mass is 337 g/mol. The maximum Gasteiger partial charge on any atom is 0.226 e. The Morgan fingerprint density at radius 2 is 1.92 bits per heavy atom. The standard InChI is InChI=1S/C19H19N3OS/c1-3-14-6-7-17(13-16(14)4-1)24-12-2-5-18-21-19(22-23-18)15-8-10-20-11-9-15/h6-11,13H,1-5,12H2. The largest absolute Gasteiger partial charge is 0.339 e. The van der Waals surface area contributed by atoms with Gasteiger partial charge in [0.1, 0.15) is 0 Å². The average Bonchev–Trinajstić information content (AvgIpc) is 3.28. The Labute approximate surface area is 145 Å². The molecule has 0 aliphatic heterocycles. The fraction of sp³-hybridized carbons (Fsp3) is 0.316. The molecule has 5 heteroatoms. The zero-order chi connectivity index (χ0) is 16.2. The zero-order valence-electron chi connectivity index (χ0n) is 13.4. The van der Waals surface area contributed by atoms with E-state index >= 15 is 0 Å². The molecule has 1 aliphatic carbocycles. The van der Waals surface area contributed by atoms with Crippen LogP contribution in [-0.2, 0) is 19.3 Å². The summed E-state index contributed by atoms with van der Waals surface area (Å²) in [6, 6.07) is 10.7. The molecule has 0 saturated carbocycles. The van der Waals surface area contributed by atoms with Crippen molar-refractivity contribution in [2.75, 3.05) is 5.75 Å². The van der Waals surface area contributed by atoms with Gasteiger partial charge in [-0.25, -0.2) is 0 Å². The summed E-state index contributed by atoms with van der Waals surface area (Å²) in [5.74, 6) is 2.40. The minimum Gasteiger partial charge on any atom is -0.339 e. The number of nitrogens with zero attached hydrogens (tertiary/aromatic N) is 3. The minimum absolute atomic E-state index is 0.638. The van der Waals surface area contributed by atoms with Crippen molar-refractivity contribution >= 4 is 11.8 Å². The van der Waals surface area contributed by atoms with Gasteiger partial charge >= 0.3 is 0 Å². The van der Waals surface area contributed by atoms with Gasteiger partial charge in [-0.05, 0) is 66.8 Å². The van der Waals surface area contributed by atoms with E-state index in [1.54, 1.807) is 18.0 Å². The van der Waals surface area contributed by atoms with E-state index in [-0.39, 0.29) is 0 Å². The quantitative estimate of drug-likeness (QED) is 0.494. The topological polar surface area (TPSA) is 51.8 Å². The third-order valence-corrected chi connectivity index (χ3v) is 5.36. The highest BCUT2D eigenvalue weighted by molar-refractivity contribution is 7.99. The molecule has 0 N–H and O–H groups in total. The predicted molar refractivity (Wildman–Crippen MR) is 95.0 cm³/mol. The van der Waals surface area contributed by atoms with Crippen molar-refractivity contribution < 1.29 is 4.52 Å². The second kappa shape index (κ2) is 7.18. The number of benzene rings is 1. The van der Waals surface area contributed by atoms with Gasteiger partial charge < -0.3 is 4.52 Å². The van der Waals surface area contributed by atoms with Crippen LogP contribution in [0.15, 0.2) is 52.1 Å². The number of fused-ring (bicyclic) bond motifs is 1. The summed E-state index contributed by atoms with van der Waals surface area (Å²) in [6.07, 6.45) is 9.11. The molecule has 0 spiro atoms. The van der Waals surface area contributed by atoms with Gasteiger partial charge in [0.25, 0.3) is 0 Å². The fourth-order valence-electron chi connectivity index (χ4n) is 3.03. The highest BCUT2D eigenvalue weighted by Crippen LogP contribution is 2.28. The normalized spacial score (nSPS) is 13.2. The van der Waals surface area contributed by atoms with Gasteiger partial charge in [-0.1, -0.05) is 11.2 Å². The highest BCUT2D eigenvalue weighted by atomic mass is 32.2. The molecular weight excluding hydrogens is 318 g/mol. The van der Waals surface area contributed by atoms with Crippen molar-refractivity contribution in [3.63, 3.8) is 0 Å². The number of hydrogen-bond acceptors (Lipinski definition) is 5. The van der Waals surface area contributed by atoms with E-state index in [0.29, 0.717) is 11.7 Å². The first kappa shape index (κ1) is 15.4. The molecule has 0 saturated heterocycles. The summed E-state index contributed by atoms with van der Waals surface area (Å²) >= 11 is 1.91. The fourth-order valence-corrected chi connectivity index (χ4v) is 3.94. The molecule has 4 nitrogen and oxygen atoms in total. The molecule has 0 radical (unpaired) electrons. The molecule has 2 heterocycles. The highest BCUT2D eigenvalue weighted by Gasteiger charge is 2.11. The molecule has 0 unspecified atom stereocenters. The van der Waals surface area contributed by atoms with E-state index in [2.05, 4.69) is 33.3 Å². The first-order chi connectivity index (χ1) is 11.9. The number of aryl methyl sites for hydroxylation is 3. The number of thioether (sulfide) groups is 1. The van der Waals surface area contributed by atoms with Crippen LogP contribution < -0.4 is 0 Å². The molecular formula is C19H19N3OS. The van der Waals surface area contributed by atoms with Crippen molar-refractivity contribution in [1.29, 1.82) is 0 Å². The molecule has 24 heavy (non-hydrogen) atoms. The predicted octanol–water partition coefficient (Wildman–Crippen LogP) is 4.35. The van der Waals surface area contributed by atoms with Crippen LogP contribution in [0, 0.1) is 0 Å². The molecule has 1 aliphatic rings. The van der Waals surface area contributed by atoms with Crippen LogP contribution in [-0.4, -0.2) is 20.9 Å². The van der Waals surface area contributed by atoms with Gasteiger partial charge in [0.2, 0.25) is 11.7 Å². The summed E-state index contributed by atoms with van der Waals surface area (Å²) in [7, 11) is 0. The third kappa shape index (κ3) is 3.51. The second-order valence-corrected chi connectivity index (χ2v) is 7.15. The lowest BCUT2D eigenvalue weighted by Crippen LogP contribution is -1.89. The average molecular weight is 337 g/mol. The summed E-state index contributed by atoms with van der Waals surface area (Å²) in [4.78, 5) is 9.83. The Morgan fingerprint density at radius 1 is 1.04 bits per heavy atom. The van der Waals surface area contributed by atoms with Crippen LogP contribution in [0.3, 0.4) is 0 Å². The Balaban J connectivity index is 1.28. The van der Waals surface area contributed by atoms with Crippen molar-refractivity contribution in [2.45, 2.75) is 37.0 Å². The van der Waals surface area contributed by atoms with E-state index in [9.17, 15) is 0 Å². The van der Waals surface area contributed by atoms with Crippen LogP contribution in [0.5, 0.6) is 0 Å². The molecule has 0 atom stereocenters. The van der Waals surface area contributed by atoms with Gasteiger partial charge in [-0.2, -0.15) is 4.98 Å². The van der Waals surface area contributed by atoms with Crippen LogP contribution in [0.25, 0.3) is 11.4 Å². The Hall–Kier alpha value is -2.14. The van der Waals surface area contributed by atoms with Gasteiger partial charge in [0, 0.05) is 29.3 Å². The number of pyridine rings is 1. The van der Waals surface area contributed by atoms with Crippen LogP contribution >= 0.6 is 11.8 Å². The van der Waals surface area contributed by atoms with E-state index in [4.69, 9.17) is 4.52 Å². The third-order valence-electron chi connectivity index (χ3n) is 4.28. The van der Waals surface area contributed by atoms with Gasteiger partial charge in [-0.3, -0.25) is 4.98 Å². The Kier molecular flexibility index (Phi) is 4.60. The van der Waals surface area contributed by atoms with Crippen molar-refractivity contribution in [3.8, 4) is 11.4 Å². The SMILES string of the molecule is c1cc(-c2noc(CCCSc3ccc4c(c3)CCC4)n2)ccn1. The van der Waals surface area contributed by atoms with E-state index < -0.39 is 0 Å². The van der Waals surface area contributed by atoms with Crippen molar-refractivity contribution in [1.82, 2.24) is 15.1 Å². The van der Waals surface area contributed by atoms with Crippen LogP contribution in [0.1, 0.15) is 29.9 Å². The van der Waals surface area contributed by atoms with Crippen LogP contribution in [0.2, 0.25) is 0 Å². The number of rotatable bonds is 6. The molecule has 3 aromatic rings. The Morgan fingerprint density at radius 3 is 2.83 bits per heavy atom. The first-order valence-corrected chi connectivity index (χ1v) is 9.35. The summed E-state index contributed by atoms with van der Waals surface area (Å²) in [6.45, 7) is 0. The number of hydrogen-bond donors (Lipinski definition) is 0. The lowest BCUT2D eigenvalue weighted by atomic mass is 10.1. The molecule has 0 amide bonds. The molecule has 122 valence electrons. The Bertz CT molecular complexity index is 816. The molecule has 2 aromatic heterocycles. The second-order valence-electron chi connectivity index (χ2n) is 5.98. The summed E-state index contributed by atoms with van der Waals surface area (Å²) in [5.41, 5.74) is 4.01. The summed E-state index contributed by atoms with van der Waals surface area (Å²) < 4.78 is 5.34. The molecule has 0 bridgehead atoms. The van der Waals surface area contributed by atoms with E-state index in [1.165, 1.54) is 29.7 Å². The number of aromatic nitrogens is 3. The van der Waals surface area contributed by atoms with E-state index in [0.717, 1.165) is 24.2 Å². The van der Waals surface area contributed by atoms with Gasteiger partial charge in [-0.15, -0.1) is 11.8 Å². The molecule has 1 aromatic carbocycles.